The van der Waals surface area contributed by atoms with Crippen molar-refractivity contribution in [2.24, 2.45) is 0 Å². The van der Waals surface area contributed by atoms with Crippen molar-refractivity contribution in [1.29, 1.82) is 0 Å². The summed E-state index contributed by atoms with van der Waals surface area (Å²) in [5.74, 6) is 1.87. The Morgan fingerprint density at radius 1 is 1.32 bits per heavy atom. The third-order valence-corrected chi connectivity index (χ3v) is 5.20. The van der Waals surface area contributed by atoms with Gasteiger partial charge in [0.05, 0.1) is 17.1 Å². The Labute approximate surface area is 151 Å². The van der Waals surface area contributed by atoms with Crippen LogP contribution in [0, 0.1) is 0 Å². The van der Waals surface area contributed by atoms with E-state index in [2.05, 4.69) is 15.0 Å². The molecule has 0 atom stereocenters. The molecule has 7 heteroatoms. The lowest BCUT2D eigenvalue weighted by molar-refractivity contribution is 0.284. The molecule has 0 bridgehead atoms. The van der Waals surface area contributed by atoms with Crippen LogP contribution in [0.4, 0.5) is 5.82 Å². The molecular formula is C18H21ClN4O2. The SMILES string of the molecule is CN1Cc2c(nc(COc3ccccc3Cl)[nH]c2=O)N1C1CCCC1. The summed E-state index contributed by atoms with van der Waals surface area (Å²) in [5, 5.41) is 4.83. The molecule has 2 heterocycles. The van der Waals surface area contributed by atoms with Crippen molar-refractivity contribution in [3.05, 3.63) is 51.0 Å². The number of rotatable bonds is 4. The number of benzene rings is 1. The molecule has 0 saturated heterocycles. The van der Waals surface area contributed by atoms with Crippen LogP contribution in [0.2, 0.25) is 5.02 Å². The van der Waals surface area contributed by atoms with Gasteiger partial charge in [-0.2, -0.15) is 0 Å². The molecule has 1 aromatic carbocycles. The van der Waals surface area contributed by atoms with Crippen molar-refractivity contribution < 1.29 is 4.74 Å². The Kier molecular flexibility index (Phi) is 4.39. The minimum absolute atomic E-state index is 0.0879. The fourth-order valence-electron chi connectivity index (χ4n) is 3.71. The number of ether oxygens (including phenoxy) is 1. The number of para-hydroxylation sites is 1. The maximum atomic E-state index is 12.5. The van der Waals surface area contributed by atoms with Crippen molar-refractivity contribution >= 4 is 17.4 Å². The Balaban J connectivity index is 1.60. The molecule has 1 aliphatic heterocycles. The van der Waals surface area contributed by atoms with Gasteiger partial charge in [0.2, 0.25) is 0 Å². The van der Waals surface area contributed by atoms with Gasteiger partial charge in [0.25, 0.3) is 5.56 Å². The molecule has 1 saturated carbocycles. The van der Waals surface area contributed by atoms with Crippen molar-refractivity contribution in [3.8, 4) is 5.75 Å². The minimum atomic E-state index is -0.0879. The number of fused-ring (bicyclic) bond motifs is 1. The summed E-state index contributed by atoms with van der Waals surface area (Å²) in [4.78, 5) is 20.0. The summed E-state index contributed by atoms with van der Waals surface area (Å²) in [6.07, 6.45) is 4.75. The zero-order valence-electron chi connectivity index (χ0n) is 14.2. The van der Waals surface area contributed by atoms with E-state index >= 15 is 0 Å². The highest BCUT2D eigenvalue weighted by Gasteiger charge is 2.35. The molecule has 0 radical (unpaired) electrons. The normalized spacial score (nSPS) is 17.9. The van der Waals surface area contributed by atoms with Crippen LogP contribution in [0.25, 0.3) is 0 Å². The monoisotopic (exact) mass is 360 g/mol. The van der Waals surface area contributed by atoms with Gasteiger partial charge in [0.1, 0.15) is 18.2 Å². The smallest absolute Gasteiger partial charge is 0.257 e. The molecule has 1 aliphatic carbocycles. The van der Waals surface area contributed by atoms with E-state index in [0.717, 1.165) is 24.2 Å². The molecular weight excluding hydrogens is 340 g/mol. The standard InChI is InChI=1S/C18H21ClN4O2/c1-22-10-13-17(23(22)12-6-2-3-7-12)20-16(21-18(13)24)11-25-15-9-5-4-8-14(15)19/h4-5,8-9,12H,2-3,6-7,10-11H2,1H3,(H,20,21,24). The Morgan fingerprint density at radius 3 is 2.84 bits per heavy atom. The molecule has 1 N–H and O–H groups in total. The zero-order valence-corrected chi connectivity index (χ0v) is 14.9. The number of anilines is 1. The van der Waals surface area contributed by atoms with E-state index in [1.165, 1.54) is 12.8 Å². The minimum Gasteiger partial charge on any atom is -0.484 e. The molecule has 0 unspecified atom stereocenters. The fraction of sp³-hybridized carbons (Fsp3) is 0.444. The van der Waals surface area contributed by atoms with E-state index in [4.69, 9.17) is 21.3 Å². The van der Waals surface area contributed by atoms with Crippen LogP contribution < -0.4 is 15.3 Å². The number of nitrogens with zero attached hydrogens (tertiary/aromatic N) is 3. The summed E-state index contributed by atoms with van der Waals surface area (Å²) in [5.41, 5.74) is 0.644. The number of nitrogens with one attached hydrogen (secondary N) is 1. The molecule has 0 amide bonds. The number of aromatic nitrogens is 2. The topological polar surface area (TPSA) is 61.5 Å². The first-order chi connectivity index (χ1) is 12.1. The van der Waals surface area contributed by atoms with Crippen LogP contribution in [0.3, 0.4) is 0 Å². The maximum Gasteiger partial charge on any atom is 0.257 e. The Morgan fingerprint density at radius 2 is 2.08 bits per heavy atom. The molecule has 132 valence electrons. The largest absolute Gasteiger partial charge is 0.484 e. The van der Waals surface area contributed by atoms with Crippen LogP contribution in [-0.4, -0.2) is 28.1 Å². The van der Waals surface area contributed by atoms with E-state index in [9.17, 15) is 4.79 Å². The van der Waals surface area contributed by atoms with Crippen molar-refractivity contribution in [3.63, 3.8) is 0 Å². The first-order valence-corrected chi connectivity index (χ1v) is 9.01. The highest BCUT2D eigenvalue weighted by molar-refractivity contribution is 6.32. The predicted octanol–water partition coefficient (Wildman–Crippen LogP) is 3.11. The van der Waals surface area contributed by atoms with Gasteiger partial charge in [0, 0.05) is 13.1 Å². The van der Waals surface area contributed by atoms with E-state index in [0.29, 0.717) is 29.2 Å². The second-order valence-electron chi connectivity index (χ2n) is 6.63. The van der Waals surface area contributed by atoms with Crippen molar-refractivity contribution in [2.75, 3.05) is 12.1 Å². The number of hydrogen-bond acceptors (Lipinski definition) is 5. The first-order valence-electron chi connectivity index (χ1n) is 8.63. The van der Waals surface area contributed by atoms with Crippen LogP contribution >= 0.6 is 11.6 Å². The van der Waals surface area contributed by atoms with Gasteiger partial charge in [-0.3, -0.25) is 9.80 Å². The molecule has 1 fully saturated rings. The van der Waals surface area contributed by atoms with Gasteiger partial charge in [0.15, 0.2) is 5.82 Å². The number of halogens is 1. The average molecular weight is 361 g/mol. The second kappa shape index (κ2) is 6.69. The molecule has 2 aromatic rings. The van der Waals surface area contributed by atoms with E-state index in [1.54, 1.807) is 12.1 Å². The maximum absolute atomic E-state index is 12.5. The van der Waals surface area contributed by atoms with Crippen LogP contribution in [0.5, 0.6) is 5.75 Å². The number of H-pyrrole nitrogens is 1. The van der Waals surface area contributed by atoms with E-state index in [-0.39, 0.29) is 12.2 Å². The quantitative estimate of drug-likeness (QED) is 0.907. The number of hydrazine groups is 1. The highest BCUT2D eigenvalue weighted by Crippen LogP contribution is 2.34. The lowest BCUT2D eigenvalue weighted by Gasteiger charge is -2.31. The Hall–Kier alpha value is -2.05. The predicted molar refractivity (Wildman–Crippen MR) is 96.8 cm³/mol. The van der Waals surface area contributed by atoms with Gasteiger partial charge in [-0.15, -0.1) is 0 Å². The summed E-state index contributed by atoms with van der Waals surface area (Å²) in [7, 11) is 2.01. The van der Waals surface area contributed by atoms with Gasteiger partial charge in [-0.05, 0) is 25.0 Å². The average Bonchev–Trinajstić information content (AvgIpc) is 3.21. The highest BCUT2D eigenvalue weighted by atomic mass is 35.5. The van der Waals surface area contributed by atoms with Gasteiger partial charge in [-0.25, -0.2) is 9.99 Å². The number of hydrogen-bond donors (Lipinski definition) is 1. The molecule has 0 spiro atoms. The fourth-order valence-corrected chi connectivity index (χ4v) is 3.90. The van der Waals surface area contributed by atoms with Gasteiger partial charge < -0.3 is 9.72 Å². The molecule has 2 aliphatic rings. The zero-order chi connectivity index (χ0) is 17.4. The summed E-state index contributed by atoms with van der Waals surface area (Å²) >= 11 is 6.11. The second-order valence-corrected chi connectivity index (χ2v) is 7.04. The van der Waals surface area contributed by atoms with Gasteiger partial charge in [-0.1, -0.05) is 36.6 Å². The van der Waals surface area contributed by atoms with Crippen LogP contribution in [-0.2, 0) is 13.2 Å². The van der Waals surface area contributed by atoms with E-state index in [1.807, 2.05) is 19.2 Å². The molecule has 6 nitrogen and oxygen atoms in total. The molecule has 25 heavy (non-hydrogen) atoms. The number of aromatic amines is 1. The lowest BCUT2D eigenvalue weighted by Crippen LogP contribution is -2.42. The summed E-state index contributed by atoms with van der Waals surface area (Å²) in [6, 6.07) is 7.70. The van der Waals surface area contributed by atoms with Gasteiger partial charge >= 0.3 is 0 Å². The molecule has 1 aromatic heterocycles. The van der Waals surface area contributed by atoms with Crippen molar-refractivity contribution in [1.82, 2.24) is 15.0 Å². The summed E-state index contributed by atoms with van der Waals surface area (Å²) < 4.78 is 5.73. The first kappa shape index (κ1) is 16.4. The van der Waals surface area contributed by atoms with E-state index < -0.39 is 0 Å². The van der Waals surface area contributed by atoms with Crippen molar-refractivity contribution in [2.45, 2.75) is 44.9 Å². The summed E-state index contributed by atoms with van der Waals surface area (Å²) in [6.45, 7) is 0.772. The van der Waals surface area contributed by atoms with Crippen LogP contribution in [0.15, 0.2) is 29.1 Å². The Bertz CT molecular complexity index is 832. The lowest BCUT2D eigenvalue weighted by atomic mass is 10.2. The molecule has 4 rings (SSSR count). The third kappa shape index (κ3) is 3.12. The third-order valence-electron chi connectivity index (χ3n) is 4.89. The van der Waals surface area contributed by atoms with Crippen LogP contribution in [0.1, 0.15) is 37.1 Å².